The van der Waals surface area contributed by atoms with E-state index in [4.69, 9.17) is 0 Å². The fourth-order valence-electron chi connectivity index (χ4n) is 3.80. The van der Waals surface area contributed by atoms with E-state index in [1.165, 1.54) is 11.3 Å². The number of carbonyl (C=O) groups excluding carboxylic acids is 1. The molecule has 1 unspecified atom stereocenters. The zero-order valence-electron chi connectivity index (χ0n) is 14.5. The van der Waals surface area contributed by atoms with Crippen LogP contribution in [0.25, 0.3) is 0 Å². The number of aryl methyl sites for hydroxylation is 1. The van der Waals surface area contributed by atoms with E-state index in [1.807, 2.05) is 11.8 Å². The molecule has 2 N–H and O–H groups in total. The highest BCUT2D eigenvalue weighted by atomic mass is 16.2. The molecule has 3 heterocycles. The van der Waals surface area contributed by atoms with Crippen molar-refractivity contribution in [3.8, 4) is 0 Å². The van der Waals surface area contributed by atoms with E-state index >= 15 is 0 Å². The number of aromatic amines is 1. The Morgan fingerprint density at radius 3 is 3.08 bits per heavy atom. The number of rotatable bonds is 3. The van der Waals surface area contributed by atoms with E-state index in [9.17, 15) is 4.79 Å². The third-order valence-electron chi connectivity index (χ3n) is 5.04. The Balaban J connectivity index is 1.38. The number of aromatic nitrogens is 3. The summed E-state index contributed by atoms with van der Waals surface area (Å²) in [7, 11) is 0. The van der Waals surface area contributed by atoms with Gasteiger partial charge in [0.1, 0.15) is 5.82 Å². The quantitative estimate of drug-likeness (QED) is 0.892. The zero-order valence-corrected chi connectivity index (χ0v) is 14.5. The Kier molecular flexibility index (Phi) is 4.29. The predicted molar refractivity (Wildman–Crippen MR) is 95.5 cm³/mol. The molecule has 0 aliphatic carbocycles. The van der Waals surface area contributed by atoms with Crippen molar-refractivity contribution in [1.82, 2.24) is 25.4 Å². The zero-order chi connectivity index (χ0) is 17.2. The summed E-state index contributed by atoms with van der Waals surface area (Å²) in [6.07, 6.45) is 2.79. The molecule has 2 aliphatic heterocycles. The summed E-state index contributed by atoms with van der Waals surface area (Å²) in [6, 6.07) is 8.94. The van der Waals surface area contributed by atoms with E-state index in [0.29, 0.717) is 18.4 Å². The van der Waals surface area contributed by atoms with Crippen LogP contribution in [0.2, 0.25) is 0 Å². The van der Waals surface area contributed by atoms with Gasteiger partial charge in [0.05, 0.1) is 12.6 Å². The van der Waals surface area contributed by atoms with Crippen LogP contribution < -0.4 is 10.2 Å². The Morgan fingerprint density at radius 1 is 1.36 bits per heavy atom. The number of para-hydroxylation sites is 1. The Labute approximate surface area is 147 Å². The summed E-state index contributed by atoms with van der Waals surface area (Å²) in [6.45, 7) is 4.95. The molecule has 2 aromatic rings. The fourth-order valence-corrected chi connectivity index (χ4v) is 3.80. The summed E-state index contributed by atoms with van der Waals surface area (Å²) < 4.78 is 0. The third kappa shape index (κ3) is 3.18. The lowest BCUT2D eigenvalue weighted by atomic mass is 10.1. The lowest BCUT2D eigenvalue weighted by Crippen LogP contribution is -2.45. The fraction of sp³-hybridized carbons (Fsp3) is 0.500. The molecule has 132 valence electrons. The lowest BCUT2D eigenvalue weighted by molar-refractivity contribution is 0.197. The van der Waals surface area contributed by atoms with Gasteiger partial charge in [0.25, 0.3) is 0 Å². The number of H-pyrrole nitrogens is 1. The van der Waals surface area contributed by atoms with Gasteiger partial charge in [-0.1, -0.05) is 25.1 Å². The molecule has 7 heteroatoms. The van der Waals surface area contributed by atoms with Gasteiger partial charge >= 0.3 is 6.03 Å². The standard InChI is InChI=1S/C18H24N6O/c1-2-16-20-17(22-21-16)11-19-18(25)23-8-5-9-24-14(12-23)10-13-6-3-4-7-15(13)24/h3-4,6-7,14H,2,5,8-12H2,1H3,(H,19,25)(H,20,21,22). The molecule has 1 aromatic heterocycles. The van der Waals surface area contributed by atoms with Crippen LogP contribution in [0.3, 0.4) is 0 Å². The maximum absolute atomic E-state index is 12.6. The van der Waals surface area contributed by atoms with Crippen molar-refractivity contribution in [1.29, 1.82) is 0 Å². The first-order valence-corrected chi connectivity index (χ1v) is 9.02. The number of anilines is 1. The number of nitrogens with one attached hydrogen (secondary N) is 2. The summed E-state index contributed by atoms with van der Waals surface area (Å²) in [5.74, 6) is 1.48. The molecule has 0 spiro atoms. The van der Waals surface area contributed by atoms with Crippen LogP contribution >= 0.6 is 0 Å². The highest BCUT2D eigenvalue weighted by molar-refractivity contribution is 5.74. The minimum Gasteiger partial charge on any atom is -0.366 e. The van der Waals surface area contributed by atoms with Gasteiger partial charge in [-0.25, -0.2) is 9.78 Å². The number of amides is 2. The monoisotopic (exact) mass is 340 g/mol. The van der Waals surface area contributed by atoms with Crippen LogP contribution in [0.5, 0.6) is 0 Å². The number of carbonyl (C=O) groups is 1. The first kappa shape index (κ1) is 15.9. The summed E-state index contributed by atoms with van der Waals surface area (Å²) >= 11 is 0. The number of urea groups is 1. The van der Waals surface area contributed by atoms with Crippen molar-refractivity contribution in [3.05, 3.63) is 41.5 Å². The van der Waals surface area contributed by atoms with Crippen LogP contribution in [0.15, 0.2) is 24.3 Å². The van der Waals surface area contributed by atoms with Gasteiger partial charge in [0.15, 0.2) is 5.82 Å². The normalized spacial score (nSPS) is 19.3. The van der Waals surface area contributed by atoms with E-state index in [1.54, 1.807) is 0 Å². The SMILES string of the molecule is CCc1n[nH]c(CNC(=O)N2CCCN3c4ccccc4CC3C2)n1. The molecule has 1 atom stereocenters. The van der Waals surface area contributed by atoms with Gasteiger partial charge in [-0.3, -0.25) is 5.10 Å². The van der Waals surface area contributed by atoms with E-state index in [2.05, 4.69) is 49.7 Å². The number of benzene rings is 1. The molecule has 1 aromatic carbocycles. The van der Waals surface area contributed by atoms with Gasteiger partial charge in [-0.05, 0) is 24.5 Å². The first-order chi connectivity index (χ1) is 12.2. The van der Waals surface area contributed by atoms with E-state index in [0.717, 1.165) is 44.7 Å². The lowest BCUT2D eigenvalue weighted by Gasteiger charge is -2.27. The highest BCUT2D eigenvalue weighted by Crippen LogP contribution is 2.33. The van der Waals surface area contributed by atoms with Gasteiger partial charge in [0.2, 0.25) is 0 Å². The molecular weight excluding hydrogens is 316 g/mol. The Hall–Kier alpha value is -2.57. The van der Waals surface area contributed by atoms with Crippen molar-refractivity contribution < 1.29 is 4.79 Å². The molecule has 1 fully saturated rings. The molecule has 25 heavy (non-hydrogen) atoms. The molecule has 0 saturated carbocycles. The van der Waals surface area contributed by atoms with Gasteiger partial charge in [-0.2, -0.15) is 5.10 Å². The Morgan fingerprint density at radius 2 is 2.24 bits per heavy atom. The first-order valence-electron chi connectivity index (χ1n) is 9.02. The van der Waals surface area contributed by atoms with Crippen molar-refractivity contribution >= 4 is 11.7 Å². The summed E-state index contributed by atoms with van der Waals surface area (Å²) in [5, 5.41) is 9.94. The summed E-state index contributed by atoms with van der Waals surface area (Å²) in [5.41, 5.74) is 2.73. The predicted octanol–water partition coefficient (Wildman–Crippen LogP) is 1.71. The van der Waals surface area contributed by atoms with Crippen LogP contribution in [-0.4, -0.2) is 51.8 Å². The Bertz CT molecular complexity index is 758. The smallest absolute Gasteiger partial charge is 0.317 e. The van der Waals surface area contributed by atoms with Crippen LogP contribution in [0.4, 0.5) is 10.5 Å². The third-order valence-corrected chi connectivity index (χ3v) is 5.04. The minimum atomic E-state index is -0.0211. The average Bonchev–Trinajstić information content (AvgIpc) is 3.17. The molecule has 2 aliphatic rings. The second kappa shape index (κ2) is 6.74. The minimum absolute atomic E-state index is 0.0211. The molecule has 1 saturated heterocycles. The average molecular weight is 340 g/mol. The number of nitrogens with zero attached hydrogens (tertiary/aromatic N) is 4. The number of hydrogen-bond donors (Lipinski definition) is 2. The maximum atomic E-state index is 12.6. The molecule has 0 radical (unpaired) electrons. The van der Waals surface area contributed by atoms with E-state index in [-0.39, 0.29) is 6.03 Å². The van der Waals surface area contributed by atoms with Crippen LogP contribution in [0.1, 0.15) is 30.6 Å². The van der Waals surface area contributed by atoms with Crippen molar-refractivity contribution in [2.75, 3.05) is 24.5 Å². The molecular formula is C18H24N6O. The second-order valence-electron chi connectivity index (χ2n) is 6.69. The van der Waals surface area contributed by atoms with Crippen LogP contribution in [-0.2, 0) is 19.4 Å². The largest absolute Gasteiger partial charge is 0.366 e. The summed E-state index contributed by atoms with van der Waals surface area (Å²) in [4.78, 5) is 21.3. The maximum Gasteiger partial charge on any atom is 0.317 e. The molecule has 4 rings (SSSR count). The van der Waals surface area contributed by atoms with Crippen LogP contribution in [0, 0.1) is 0 Å². The van der Waals surface area contributed by atoms with Crippen molar-refractivity contribution in [2.24, 2.45) is 0 Å². The van der Waals surface area contributed by atoms with Gasteiger partial charge in [0, 0.05) is 31.7 Å². The molecule has 2 amide bonds. The van der Waals surface area contributed by atoms with E-state index < -0.39 is 0 Å². The van der Waals surface area contributed by atoms with Crippen molar-refractivity contribution in [3.63, 3.8) is 0 Å². The molecule has 0 bridgehead atoms. The topological polar surface area (TPSA) is 77.2 Å². The van der Waals surface area contributed by atoms with Gasteiger partial charge < -0.3 is 15.1 Å². The molecule has 7 nitrogen and oxygen atoms in total. The van der Waals surface area contributed by atoms with Crippen molar-refractivity contribution in [2.45, 2.75) is 38.8 Å². The second-order valence-corrected chi connectivity index (χ2v) is 6.69. The highest BCUT2D eigenvalue weighted by Gasteiger charge is 2.33. The number of fused-ring (bicyclic) bond motifs is 3. The number of hydrogen-bond acceptors (Lipinski definition) is 4. The van der Waals surface area contributed by atoms with Gasteiger partial charge in [-0.15, -0.1) is 0 Å².